The minimum Gasteiger partial charge on any atom is -0.392 e. The highest BCUT2D eigenvalue weighted by Gasteiger charge is 2.23. The van der Waals surface area contributed by atoms with Crippen molar-refractivity contribution in [2.45, 2.75) is 45.8 Å². The number of carbonyl (C=O) groups excluding carboxylic acids is 1. The lowest BCUT2D eigenvalue weighted by molar-refractivity contribution is -0.119. The highest BCUT2D eigenvalue weighted by molar-refractivity contribution is 5.73. The lowest BCUT2D eigenvalue weighted by atomic mass is 10.0. The Balaban J connectivity index is 2.39. The van der Waals surface area contributed by atoms with E-state index >= 15 is 0 Å². The second kappa shape index (κ2) is 6.21. The molecule has 4 heteroatoms. The average molecular weight is 228 g/mol. The van der Waals surface area contributed by atoms with Gasteiger partial charge in [-0.1, -0.05) is 13.8 Å². The average Bonchev–Trinajstić information content (AvgIpc) is 2.48. The molecule has 1 saturated heterocycles. The molecule has 0 saturated carbocycles. The minimum atomic E-state index is -0.183. The van der Waals surface area contributed by atoms with Gasteiger partial charge < -0.3 is 10.4 Å². The first-order chi connectivity index (χ1) is 7.47. The van der Waals surface area contributed by atoms with Crippen molar-refractivity contribution in [2.24, 2.45) is 5.92 Å². The molecule has 1 fully saturated rings. The van der Waals surface area contributed by atoms with Crippen LogP contribution >= 0.6 is 0 Å². The normalized spacial score (nSPS) is 23.7. The van der Waals surface area contributed by atoms with Gasteiger partial charge in [0.2, 0.25) is 5.91 Å². The molecule has 0 bridgehead atoms. The van der Waals surface area contributed by atoms with Gasteiger partial charge in [0.25, 0.3) is 0 Å². The zero-order valence-corrected chi connectivity index (χ0v) is 10.6. The van der Waals surface area contributed by atoms with Crippen LogP contribution in [-0.2, 0) is 4.79 Å². The molecule has 0 aromatic rings. The second-order valence-electron chi connectivity index (χ2n) is 5.23. The van der Waals surface area contributed by atoms with Gasteiger partial charge in [-0.05, 0) is 18.8 Å². The summed E-state index contributed by atoms with van der Waals surface area (Å²) >= 11 is 0. The van der Waals surface area contributed by atoms with Gasteiger partial charge in [0.1, 0.15) is 0 Å². The Hall–Kier alpha value is -0.610. The van der Waals surface area contributed by atoms with Crippen LogP contribution in [0, 0.1) is 5.92 Å². The van der Waals surface area contributed by atoms with Gasteiger partial charge in [-0.3, -0.25) is 9.69 Å². The molecule has 0 spiro atoms. The fraction of sp³-hybridized carbons (Fsp3) is 0.917. The Labute approximate surface area is 98.0 Å². The first-order valence-electron chi connectivity index (χ1n) is 6.15. The van der Waals surface area contributed by atoms with E-state index in [2.05, 4.69) is 24.1 Å². The molecule has 16 heavy (non-hydrogen) atoms. The van der Waals surface area contributed by atoms with Gasteiger partial charge in [0, 0.05) is 32.6 Å². The topological polar surface area (TPSA) is 52.6 Å². The monoisotopic (exact) mass is 228 g/mol. The lowest BCUT2D eigenvalue weighted by Gasteiger charge is -2.25. The standard InChI is InChI=1S/C12H24N2O2/c1-9(2)6-11(13-10(3)15)7-14-5-4-12(16)8-14/h9,11-12,16H,4-8H2,1-3H3,(H,13,15)/t11-,12?/m0/s1. The summed E-state index contributed by atoms with van der Waals surface area (Å²) in [6.45, 7) is 8.42. The molecule has 1 rings (SSSR count). The summed E-state index contributed by atoms with van der Waals surface area (Å²) in [7, 11) is 0. The number of amides is 1. The summed E-state index contributed by atoms with van der Waals surface area (Å²) in [5.41, 5.74) is 0. The van der Waals surface area contributed by atoms with Crippen LogP contribution in [0.1, 0.15) is 33.6 Å². The molecule has 0 aromatic carbocycles. The van der Waals surface area contributed by atoms with E-state index in [1.165, 1.54) is 0 Å². The Morgan fingerprint density at radius 1 is 1.56 bits per heavy atom. The zero-order valence-electron chi connectivity index (χ0n) is 10.6. The summed E-state index contributed by atoms with van der Waals surface area (Å²) in [6, 6.07) is 0.211. The third-order valence-electron chi connectivity index (χ3n) is 2.89. The molecule has 2 atom stereocenters. The van der Waals surface area contributed by atoms with Gasteiger partial charge >= 0.3 is 0 Å². The van der Waals surface area contributed by atoms with E-state index in [0.717, 1.165) is 32.5 Å². The van der Waals surface area contributed by atoms with Crippen molar-refractivity contribution >= 4 is 5.91 Å². The molecule has 1 heterocycles. The molecule has 4 nitrogen and oxygen atoms in total. The SMILES string of the molecule is CC(=O)N[C@@H](CC(C)C)CN1CCC(O)C1. The molecule has 2 N–H and O–H groups in total. The van der Waals surface area contributed by atoms with Crippen LogP contribution in [-0.4, -0.2) is 47.7 Å². The van der Waals surface area contributed by atoms with Crippen molar-refractivity contribution in [3.63, 3.8) is 0 Å². The van der Waals surface area contributed by atoms with E-state index in [-0.39, 0.29) is 18.1 Å². The molecule has 0 aromatic heterocycles. The van der Waals surface area contributed by atoms with E-state index in [4.69, 9.17) is 0 Å². The summed E-state index contributed by atoms with van der Waals surface area (Å²) in [6.07, 6.45) is 1.66. The van der Waals surface area contributed by atoms with Crippen LogP contribution in [0.4, 0.5) is 0 Å². The Morgan fingerprint density at radius 3 is 2.69 bits per heavy atom. The minimum absolute atomic E-state index is 0.0328. The van der Waals surface area contributed by atoms with Gasteiger partial charge in [-0.15, -0.1) is 0 Å². The van der Waals surface area contributed by atoms with E-state index in [9.17, 15) is 9.90 Å². The fourth-order valence-electron chi connectivity index (χ4n) is 2.33. The number of carbonyl (C=O) groups is 1. The predicted molar refractivity (Wildman–Crippen MR) is 64.1 cm³/mol. The van der Waals surface area contributed by atoms with Gasteiger partial charge in [0.05, 0.1) is 6.10 Å². The molecular weight excluding hydrogens is 204 g/mol. The summed E-state index contributed by atoms with van der Waals surface area (Å²) in [4.78, 5) is 13.3. The van der Waals surface area contributed by atoms with E-state index in [1.807, 2.05) is 0 Å². The van der Waals surface area contributed by atoms with Crippen molar-refractivity contribution in [2.75, 3.05) is 19.6 Å². The van der Waals surface area contributed by atoms with E-state index in [1.54, 1.807) is 6.92 Å². The number of likely N-dealkylation sites (tertiary alicyclic amines) is 1. The van der Waals surface area contributed by atoms with Crippen molar-refractivity contribution in [3.8, 4) is 0 Å². The first kappa shape index (κ1) is 13.5. The third kappa shape index (κ3) is 4.94. The van der Waals surface area contributed by atoms with Gasteiger partial charge in [0.15, 0.2) is 0 Å². The highest BCUT2D eigenvalue weighted by Crippen LogP contribution is 2.12. The Bertz CT molecular complexity index is 231. The van der Waals surface area contributed by atoms with Crippen molar-refractivity contribution in [1.29, 1.82) is 0 Å². The number of aliphatic hydroxyl groups is 1. The van der Waals surface area contributed by atoms with Crippen molar-refractivity contribution < 1.29 is 9.90 Å². The molecule has 94 valence electrons. The smallest absolute Gasteiger partial charge is 0.217 e. The molecular formula is C12H24N2O2. The van der Waals surface area contributed by atoms with Crippen LogP contribution in [0.25, 0.3) is 0 Å². The number of hydrogen-bond donors (Lipinski definition) is 2. The molecule has 1 unspecified atom stereocenters. The van der Waals surface area contributed by atoms with E-state index < -0.39 is 0 Å². The molecule has 1 aliphatic heterocycles. The number of β-amino-alcohol motifs (C(OH)–C–C–N with tert-alkyl or cyclic N) is 1. The first-order valence-corrected chi connectivity index (χ1v) is 6.15. The summed E-state index contributed by atoms with van der Waals surface area (Å²) < 4.78 is 0. The number of nitrogens with one attached hydrogen (secondary N) is 1. The third-order valence-corrected chi connectivity index (χ3v) is 2.89. The Kier molecular flexibility index (Phi) is 5.22. The van der Waals surface area contributed by atoms with E-state index in [0.29, 0.717) is 5.92 Å². The van der Waals surface area contributed by atoms with Crippen LogP contribution in [0.3, 0.4) is 0 Å². The molecule has 1 aliphatic rings. The van der Waals surface area contributed by atoms with Crippen molar-refractivity contribution in [3.05, 3.63) is 0 Å². The van der Waals surface area contributed by atoms with Gasteiger partial charge in [-0.2, -0.15) is 0 Å². The number of rotatable bonds is 5. The fourth-order valence-corrected chi connectivity index (χ4v) is 2.33. The maximum absolute atomic E-state index is 11.1. The summed E-state index contributed by atoms with van der Waals surface area (Å²) in [5, 5.41) is 12.4. The maximum Gasteiger partial charge on any atom is 0.217 e. The number of nitrogens with zero attached hydrogens (tertiary/aromatic N) is 1. The quantitative estimate of drug-likeness (QED) is 0.724. The van der Waals surface area contributed by atoms with Crippen molar-refractivity contribution in [1.82, 2.24) is 10.2 Å². The summed E-state index contributed by atoms with van der Waals surface area (Å²) in [5.74, 6) is 0.606. The lowest BCUT2D eigenvalue weighted by Crippen LogP contribution is -2.43. The molecule has 0 radical (unpaired) electrons. The Morgan fingerprint density at radius 2 is 2.25 bits per heavy atom. The van der Waals surface area contributed by atoms with Crippen LogP contribution in [0.15, 0.2) is 0 Å². The van der Waals surface area contributed by atoms with Crippen LogP contribution in [0.2, 0.25) is 0 Å². The molecule has 0 aliphatic carbocycles. The number of hydrogen-bond acceptors (Lipinski definition) is 3. The van der Waals surface area contributed by atoms with Gasteiger partial charge in [-0.25, -0.2) is 0 Å². The van der Waals surface area contributed by atoms with Crippen LogP contribution in [0.5, 0.6) is 0 Å². The maximum atomic E-state index is 11.1. The second-order valence-corrected chi connectivity index (χ2v) is 5.23. The largest absolute Gasteiger partial charge is 0.392 e. The predicted octanol–water partition coefficient (Wildman–Crippen LogP) is 0.604. The molecule has 1 amide bonds. The highest BCUT2D eigenvalue weighted by atomic mass is 16.3. The number of aliphatic hydroxyl groups excluding tert-OH is 1. The zero-order chi connectivity index (χ0) is 12.1. The van der Waals surface area contributed by atoms with Crippen LogP contribution < -0.4 is 5.32 Å².